The van der Waals surface area contributed by atoms with Crippen molar-refractivity contribution in [1.29, 1.82) is 0 Å². The summed E-state index contributed by atoms with van der Waals surface area (Å²) in [7, 11) is 0. The standard InChI is InChI=1S/C16H23NO/c1-14(2)13-18-16-8-10-17(11-9-16)12-15-6-4-3-5-7-15/h3-8,14H,9-13H2,1-2H3. The molecule has 1 aliphatic rings. The fourth-order valence-corrected chi connectivity index (χ4v) is 2.08. The van der Waals surface area contributed by atoms with Crippen LogP contribution in [0.4, 0.5) is 0 Å². The van der Waals surface area contributed by atoms with Crippen LogP contribution in [-0.2, 0) is 11.3 Å². The maximum Gasteiger partial charge on any atom is 0.0945 e. The predicted molar refractivity (Wildman–Crippen MR) is 75.2 cm³/mol. The van der Waals surface area contributed by atoms with Crippen LogP contribution in [0.2, 0.25) is 0 Å². The van der Waals surface area contributed by atoms with Crippen LogP contribution >= 0.6 is 0 Å². The van der Waals surface area contributed by atoms with E-state index in [0.717, 1.165) is 32.7 Å². The fraction of sp³-hybridized carbons (Fsp3) is 0.500. The van der Waals surface area contributed by atoms with Crippen molar-refractivity contribution in [3.05, 3.63) is 47.7 Å². The normalized spacial score (nSPS) is 16.7. The molecule has 0 aromatic heterocycles. The Labute approximate surface area is 110 Å². The minimum atomic E-state index is 0.605. The molecule has 98 valence electrons. The third-order valence-corrected chi connectivity index (χ3v) is 3.10. The van der Waals surface area contributed by atoms with Gasteiger partial charge >= 0.3 is 0 Å². The van der Waals surface area contributed by atoms with Crippen molar-refractivity contribution in [1.82, 2.24) is 4.90 Å². The summed E-state index contributed by atoms with van der Waals surface area (Å²) in [6, 6.07) is 10.7. The van der Waals surface area contributed by atoms with Crippen LogP contribution in [-0.4, -0.2) is 24.6 Å². The smallest absolute Gasteiger partial charge is 0.0945 e. The summed E-state index contributed by atoms with van der Waals surface area (Å²) in [6.07, 6.45) is 3.27. The molecule has 0 N–H and O–H groups in total. The predicted octanol–water partition coefficient (Wildman–Crippen LogP) is 3.45. The maximum atomic E-state index is 5.78. The first-order valence-electron chi connectivity index (χ1n) is 6.82. The Morgan fingerprint density at radius 3 is 2.61 bits per heavy atom. The van der Waals surface area contributed by atoms with E-state index in [1.54, 1.807) is 0 Å². The van der Waals surface area contributed by atoms with Crippen molar-refractivity contribution in [2.24, 2.45) is 5.92 Å². The van der Waals surface area contributed by atoms with Gasteiger partial charge < -0.3 is 4.74 Å². The van der Waals surface area contributed by atoms with E-state index in [2.05, 4.69) is 55.2 Å². The molecule has 0 aliphatic carbocycles. The maximum absolute atomic E-state index is 5.78. The SMILES string of the molecule is CC(C)COC1=CCN(Cc2ccccc2)CC1. The fourth-order valence-electron chi connectivity index (χ4n) is 2.08. The molecule has 0 atom stereocenters. The number of nitrogens with zero attached hydrogens (tertiary/aromatic N) is 1. The van der Waals surface area contributed by atoms with E-state index in [4.69, 9.17) is 4.74 Å². The molecular weight excluding hydrogens is 222 g/mol. The average Bonchev–Trinajstić information content (AvgIpc) is 2.39. The highest BCUT2D eigenvalue weighted by atomic mass is 16.5. The van der Waals surface area contributed by atoms with Crippen molar-refractivity contribution in [2.75, 3.05) is 19.7 Å². The number of benzene rings is 1. The third kappa shape index (κ3) is 4.19. The lowest BCUT2D eigenvalue weighted by molar-refractivity contribution is 0.148. The monoisotopic (exact) mass is 245 g/mol. The van der Waals surface area contributed by atoms with Gasteiger partial charge in [-0.05, 0) is 17.6 Å². The zero-order chi connectivity index (χ0) is 12.8. The Bertz CT molecular complexity index is 383. The summed E-state index contributed by atoms with van der Waals surface area (Å²) in [5, 5.41) is 0. The molecular formula is C16H23NO. The number of rotatable bonds is 5. The first-order chi connectivity index (χ1) is 8.74. The Kier molecular flexibility index (Phi) is 4.82. The van der Waals surface area contributed by atoms with Gasteiger partial charge in [0.05, 0.1) is 12.4 Å². The van der Waals surface area contributed by atoms with Gasteiger partial charge in [0.25, 0.3) is 0 Å². The van der Waals surface area contributed by atoms with E-state index in [-0.39, 0.29) is 0 Å². The molecule has 18 heavy (non-hydrogen) atoms. The Morgan fingerprint density at radius 1 is 1.22 bits per heavy atom. The molecule has 0 fully saturated rings. The first kappa shape index (κ1) is 13.2. The molecule has 0 saturated carbocycles. The van der Waals surface area contributed by atoms with E-state index >= 15 is 0 Å². The molecule has 1 aromatic rings. The van der Waals surface area contributed by atoms with Crippen molar-refractivity contribution in [3.8, 4) is 0 Å². The van der Waals surface area contributed by atoms with Crippen molar-refractivity contribution >= 4 is 0 Å². The molecule has 1 aliphatic heterocycles. The van der Waals surface area contributed by atoms with E-state index in [0.29, 0.717) is 5.92 Å². The lowest BCUT2D eigenvalue weighted by Crippen LogP contribution is -2.29. The van der Waals surface area contributed by atoms with Gasteiger partial charge in [0, 0.05) is 26.1 Å². The second-order valence-corrected chi connectivity index (χ2v) is 5.35. The van der Waals surface area contributed by atoms with Gasteiger partial charge in [0.15, 0.2) is 0 Å². The topological polar surface area (TPSA) is 12.5 Å². The molecule has 0 amide bonds. The number of ether oxygens (including phenoxy) is 1. The van der Waals surface area contributed by atoms with Crippen molar-refractivity contribution in [2.45, 2.75) is 26.8 Å². The molecule has 0 radical (unpaired) electrons. The minimum absolute atomic E-state index is 0.605. The summed E-state index contributed by atoms with van der Waals surface area (Å²) < 4.78 is 5.78. The molecule has 0 bridgehead atoms. The quantitative estimate of drug-likeness (QED) is 0.788. The van der Waals surface area contributed by atoms with Crippen LogP contribution in [0.1, 0.15) is 25.8 Å². The molecule has 1 aromatic carbocycles. The lowest BCUT2D eigenvalue weighted by atomic mass is 10.1. The van der Waals surface area contributed by atoms with Crippen LogP contribution in [0.5, 0.6) is 0 Å². The summed E-state index contributed by atoms with van der Waals surface area (Å²) in [6.45, 7) is 8.34. The number of hydrogen-bond acceptors (Lipinski definition) is 2. The van der Waals surface area contributed by atoms with Gasteiger partial charge in [-0.15, -0.1) is 0 Å². The highest BCUT2D eigenvalue weighted by Gasteiger charge is 2.12. The van der Waals surface area contributed by atoms with Gasteiger partial charge in [0.1, 0.15) is 0 Å². The zero-order valence-corrected chi connectivity index (χ0v) is 11.4. The third-order valence-electron chi connectivity index (χ3n) is 3.10. The highest BCUT2D eigenvalue weighted by molar-refractivity contribution is 5.15. The average molecular weight is 245 g/mol. The largest absolute Gasteiger partial charge is 0.498 e. The summed E-state index contributed by atoms with van der Waals surface area (Å²) in [5.41, 5.74) is 1.39. The van der Waals surface area contributed by atoms with E-state index in [9.17, 15) is 0 Å². The Morgan fingerprint density at radius 2 is 2.00 bits per heavy atom. The van der Waals surface area contributed by atoms with Crippen LogP contribution < -0.4 is 0 Å². The van der Waals surface area contributed by atoms with Crippen LogP contribution in [0.15, 0.2) is 42.2 Å². The molecule has 1 heterocycles. The molecule has 2 nitrogen and oxygen atoms in total. The van der Waals surface area contributed by atoms with E-state index < -0.39 is 0 Å². The molecule has 2 heteroatoms. The summed E-state index contributed by atoms with van der Waals surface area (Å²) in [4.78, 5) is 2.46. The lowest BCUT2D eigenvalue weighted by Gasteiger charge is -2.26. The zero-order valence-electron chi connectivity index (χ0n) is 11.4. The molecule has 0 spiro atoms. The van der Waals surface area contributed by atoms with Crippen LogP contribution in [0.3, 0.4) is 0 Å². The molecule has 0 saturated heterocycles. The first-order valence-corrected chi connectivity index (χ1v) is 6.82. The van der Waals surface area contributed by atoms with Crippen molar-refractivity contribution < 1.29 is 4.74 Å². The second-order valence-electron chi connectivity index (χ2n) is 5.35. The number of hydrogen-bond donors (Lipinski definition) is 0. The molecule has 0 unspecified atom stereocenters. The molecule has 2 rings (SSSR count). The Hall–Kier alpha value is -1.28. The summed E-state index contributed by atoms with van der Waals surface area (Å²) in [5.74, 6) is 1.78. The van der Waals surface area contributed by atoms with Crippen LogP contribution in [0.25, 0.3) is 0 Å². The van der Waals surface area contributed by atoms with Gasteiger partial charge in [-0.1, -0.05) is 44.2 Å². The minimum Gasteiger partial charge on any atom is -0.498 e. The second kappa shape index (κ2) is 6.60. The van der Waals surface area contributed by atoms with Gasteiger partial charge in [-0.25, -0.2) is 0 Å². The van der Waals surface area contributed by atoms with E-state index in [1.807, 2.05) is 0 Å². The van der Waals surface area contributed by atoms with E-state index in [1.165, 1.54) is 11.3 Å². The van der Waals surface area contributed by atoms with Gasteiger partial charge in [0.2, 0.25) is 0 Å². The summed E-state index contributed by atoms with van der Waals surface area (Å²) >= 11 is 0. The van der Waals surface area contributed by atoms with Crippen LogP contribution in [0, 0.1) is 5.92 Å². The highest BCUT2D eigenvalue weighted by Crippen LogP contribution is 2.15. The van der Waals surface area contributed by atoms with Crippen molar-refractivity contribution in [3.63, 3.8) is 0 Å². The van der Waals surface area contributed by atoms with Gasteiger partial charge in [-0.2, -0.15) is 0 Å². The van der Waals surface area contributed by atoms with Gasteiger partial charge in [-0.3, -0.25) is 4.90 Å². The Balaban J connectivity index is 1.79.